The third kappa shape index (κ3) is 3.01. The molecule has 0 amide bonds. The van der Waals surface area contributed by atoms with Crippen LogP contribution >= 0.6 is 0 Å². The van der Waals surface area contributed by atoms with Crippen molar-refractivity contribution in [1.82, 2.24) is 9.55 Å². The normalized spacial score (nSPS) is 18.2. The minimum absolute atomic E-state index is 0.0670. The number of hydrogen-bond acceptors (Lipinski definition) is 3. The summed E-state index contributed by atoms with van der Waals surface area (Å²) in [5, 5.41) is 9.04. The fraction of sp³-hybridized carbons (Fsp3) is 0.688. The average molecular weight is 290 g/mol. The second kappa shape index (κ2) is 5.28. The maximum atomic E-state index is 12.2. The van der Waals surface area contributed by atoms with Crippen molar-refractivity contribution in [3.63, 3.8) is 0 Å². The second-order valence-electron chi connectivity index (χ2n) is 6.56. The van der Waals surface area contributed by atoms with Crippen molar-refractivity contribution >= 4 is 5.97 Å². The van der Waals surface area contributed by atoms with E-state index in [1.165, 1.54) is 25.7 Å². The molecule has 21 heavy (non-hydrogen) atoms. The van der Waals surface area contributed by atoms with Crippen LogP contribution in [0.1, 0.15) is 42.6 Å². The van der Waals surface area contributed by atoms with Crippen LogP contribution in [0.15, 0.2) is 4.79 Å². The summed E-state index contributed by atoms with van der Waals surface area (Å²) in [6.07, 6.45) is 5.03. The van der Waals surface area contributed by atoms with Crippen molar-refractivity contribution in [3.05, 3.63) is 27.4 Å². The molecule has 1 aromatic rings. The maximum Gasteiger partial charge on any atom is 0.347 e. The second-order valence-corrected chi connectivity index (χ2v) is 6.56. The molecule has 0 spiro atoms. The van der Waals surface area contributed by atoms with Crippen LogP contribution in [-0.4, -0.2) is 20.6 Å². The van der Waals surface area contributed by atoms with Crippen LogP contribution in [0.3, 0.4) is 0 Å². The van der Waals surface area contributed by atoms with Crippen molar-refractivity contribution in [1.29, 1.82) is 0 Å². The summed E-state index contributed by atoms with van der Waals surface area (Å²) in [5.74, 6) is 1.21. The summed E-state index contributed by atoms with van der Waals surface area (Å²) in [5.41, 5.74) is 1.78. The zero-order valence-electron chi connectivity index (χ0n) is 12.6. The molecule has 0 saturated heterocycles. The minimum atomic E-state index is -0.880. The molecule has 1 aromatic heterocycles. The third-order valence-electron chi connectivity index (χ3n) is 4.95. The lowest BCUT2D eigenvalue weighted by Gasteiger charge is -2.20. The molecule has 2 fully saturated rings. The van der Waals surface area contributed by atoms with Crippen LogP contribution in [-0.2, 0) is 17.8 Å². The van der Waals surface area contributed by atoms with Gasteiger partial charge in [-0.2, -0.15) is 4.98 Å². The number of aliphatic carboxylic acids is 1. The highest BCUT2D eigenvalue weighted by molar-refractivity contribution is 5.70. The molecule has 3 rings (SSSR count). The van der Waals surface area contributed by atoms with Gasteiger partial charge in [-0.05, 0) is 57.3 Å². The summed E-state index contributed by atoms with van der Waals surface area (Å²) < 4.78 is 1.71. The van der Waals surface area contributed by atoms with Crippen LogP contribution in [0.4, 0.5) is 0 Å². The van der Waals surface area contributed by atoms with Gasteiger partial charge >= 0.3 is 11.7 Å². The van der Waals surface area contributed by atoms with Gasteiger partial charge in [-0.1, -0.05) is 0 Å². The lowest BCUT2D eigenvalue weighted by atomic mass is 9.97. The Labute approximate surface area is 124 Å². The van der Waals surface area contributed by atoms with E-state index in [1.807, 2.05) is 6.92 Å². The standard InChI is InChI=1S/C16H22N2O3/c1-9-13(7-15(19)20)10(2)18(16(21)17-9)8-14(11-3-4-11)12-5-6-12/h11-12,14H,3-8H2,1-2H3,(H,19,20). The molecule has 114 valence electrons. The van der Waals surface area contributed by atoms with Crippen LogP contribution < -0.4 is 5.69 Å². The highest BCUT2D eigenvalue weighted by atomic mass is 16.4. The van der Waals surface area contributed by atoms with Crippen LogP contribution in [0.25, 0.3) is 0 Å². The molecule has 0 unspecified atom stereocenters. The number of nitrogens with zero attached hydrogens (tertiary/aromatic N) is 2. The highest BCUT2D eigenvalue weighted by Gasteiger charge is 2.41. The SMILES string of the molecule is Cc1nc(=O)n(CC(C2CC2)C2CC2)c(C)c1CC(=O)O. The predicted molar refractivity (Wildman–Crippen MR) is 78.2 cm³/mol. The topological polar surface area (TPSA) is 72.2 Å². The fourth-order valence-corrected chi connectivity index (χ4v) is 3.40. The average Bonchev–Trinajstić information content (AvgIpc) is 3.25. The maximum absolute atomic E-state index is 12.2. The third-order valence-corrected chi connectivity index (χ3v) is 4.95. The van der Waals surface area contributed by atoms with Gasteiger partial charge in [-0.25, -0.2) is 4.79 Å². The van der Waals surface area contributed by atoms with Gasteiger partial charge in [0.15, 0.2) is 0 Å². The van der Waals surface area contributed by atoms with Gasteiger partial charge in [-0.15, -0.1) is 0 Å². The van der Waals surface area contributed by atoms with Crippen LogP contribution in [0.5, 0.6) is 0 Å². The van der Waals surface area contributed by atoms with Crippen molar-refractivity contribution in [2.24, 2.45) is 17.8 Å². The fourth-order valence-electron chi connectivity index (χ4n) is 3.40. The van der Waals surface area contributed by atoms with Gasteiger partial charge in [0, 0.05) is 23.5 Å². The Morgan fingerprint density at radius 1 is 1.29 bits per heavy atom. The Bertz CT molecular complexity index is 615. The molecular formula is C16H22N2O3. The summed E-state index contributed by atoms with van der Waals surface area (Å²) in [4.78, 5) is 27.3. The van der Waals surface area contributed by atoms with Gasteiger partial charge in [-0.3, -0.25) is 9.36 Å². The zero-order valence-corrected chi connectivity index (χ0v) is 12.6. The van der Waals surface area contributed by atoms with E-state index in [1.54, 1.807) is 11.5 Å². The van der Waals surface area contributed by atoms with Crippen LogP contribution in [0, 0.1) is 31.6 Å². The molecule has 1 heterocycles. The molecule has 2 saturated carbocycles. The van der Waals surface area contributed by atoms with E-state index in [-0.39, 0.29) is 12.1 Å². The van der Waals surface area contributed by atoms with Crippen LogP contribution in [0.2, 0.25) is 0 Å². The number of carboxylic acids is 1. The first-order chi connectivity index (χ1) is 9.97. The summed E-state index contributed by atoms with van der Waals surface area (Å²) >= 11 is 0. The van der Waals surface area contributed by atoms with Gasteiger partial charge in [0.05, 0.1) is 6.42 Å². The molecule has 1 N–H and O–H groups in total. The molecule has 5 nitrogen and oxygen atoms in total. The van der Waals surface area contributed by atoms with E-state index in [0.29, 0.717) is 23.7 Å². The van der Waals surface area contributed by atoms with Crippen molar-refractivity contribution in [3.8, 4) is 0 Å². The first-order valence-corrected chi connectivity index (χ1v) is 7.76. The van der Waals surface area contributed by atoms with E-state index in [9.17, 15) is 9.59 Å². The Hall–Kier alpha value is -1.65. The molecule has 0 atom stereocenters. The molecule has 0 bridgehead atoms. The van der Waals surface area contributed by atoms with Crippen molar-refractivity contribution in [2.75, 3.05) is 0 Å². The molecule has 0 aromatic carbocycles. The molecule has 2 aliphatic carbocycles. The van der Waals surface area contributed by atoms with Gasteiger partial charge < -0.3 is 5.11 Å². The van der Waals surface area contributed by atoms with E-state index < -0.39 is 5.97 Å². The lowest BCUT2D eigenvalue weighted by molar-refractivity contribution is -0.136. The first kappa shape index (κ1) is 14.3. The number of aromatic nitrogens is 2. The molecule has 2 aliphatic rings. The van der Waals surface area contributed by atoms with E-state index in [4.69, 9.17) is 5.11 Å². The molecular weight excluding hydrogens is 268 g/mol. The van der Waals surface area contributed by atoms with Crippen molar-refractivity contribution in [2.45, 2.75) is 52.5 Å². The smallest absolute Gasteiger partial charge is 0.347 e. The molecule has 5 heteroatoms. The summed E-state index contributed by atoms with van der Waals surface area (Å²) in [7, 11) is 0. The quantitative estimate of drug-likeness (QED) is 0.869. The van der Waals surface area contributed by atoms with E-state index in [2.05, 4.69) is 4.98 Å². The van der Waals surface area contributed by atoms with E-state index in [0.717, 1.165) is 17.5 Å². The highest BCUT2D eigenvalue weighted by Crippen LogP contribution is 2.49. The Morgan fingerprint density at radius 2 is 1.86 bits per heavy atom. The zero-order chi connectivity index (χ0) is 15.1. The number of carbonyl (C=O) groups is 1. The first-order valence-electron chi connectivity index (χ1n) is 7.76. The Balaban J connectivity index is 1.93. The summed E-state index contributed by atoms with van der Waals surface area (Å²) in [6, 6.07) is 0. The Morgan fingerprint density at radius 3 is 2.33 bits per heavy atom. The number of carboxylic acid groups (broad SMARTS) is 1. The molecule has 0 radical (unpaired) electrons. The minimum Gasteiger partial charge on any atom is -0.481 e. The van der Waals surface area contributed by atoms with E-state index >= 15 is 0 Å². The number of rotatable bonds is 6. The lowest BCUT2D eigenvalue weighted by Crippen LogP contribution is -2.32. The largest absolute Gasteiger partial charge is 0.481 e. The van der Waals surface area contributed by atoms with Gasteiger partial charge in [0.25, 0.3) is 0 Å². The molecule has 0 aliphatic heterocycles. The monoisotopic (exact) mass is 290 g/mol. The predicted octanol–water partition coefficient (Wildman–Crippen LogP) is 1.92. The van der Waals surface area contributed by atoms with Gasteiger partial charge in [0.1, 0.15) is 0 Å². The number of aryl methyl sites for hydroxylation is 1. The Kier molecular flexibility index (Phi) is 3.59. The summed E-state index contributed by atoms with van der Waals surface area (Å²) in [6.45, 7) is 4.28. The van der Waals surface area contributed by atoms with Gasteiger partial charge in [0.2, 0.25) is 0 Å². The number of hydrogen-bond donors (Lipinski definition) is 1. The van der Waals surface area contributed by atoms with Crippen molar-refractivity contribution < 1.29 is 9.90 Å².